The van der Waals surface area contributed by atoms with Crippen molar-refractivity contribution in [3.8, 4) is 5.75 Å². The van der Waals surface area contributed by atoms with Crippen molar-refractivity contribution in [2.45, 2.75) is 19.4 Å². The molecular weight excluding hydrogens is 348 g/mol. The van der Waals surface area contributed by atoms with Crippen LogP contribution in [0.3, 0.4) is 0 Å². The number of rotatable bonds is 7. The summed E-state index contributed by atoms with van der Waals surface area (Å²) in [5, 5.41) is 9.49. The van der Waals surface area contributed by atoms with Crippen LogP contribution in [-0.4, -0.2) is 65.5 Å². The van der Waals surface area contributed by atoms with E-state index in [9.17, 15) is 14.4 Å². The Balaban J connectivity index is 1.86. The van der Waals surface area contributed by atoms with Gasteiger partial charge in [-0.25, -0.2) is 4.79 Å². The van der Waals surface area contributed by atoms with Gasteiger partial charge in [-0.3, -0.25) is 9.59 Å². The Labute approximate surface area is 151 Å². The predicted molar refractivity (Wildman–Crippen MR) is 91.5 cm³/mol. The Hall–Kier alpha value is -2.28. The lowest BCUT2D eigenvalue weighted by atomic mass is 10.1. The smallest absolute Gasteiger partial charge is 0.326 e. The summed E-state index contributed by atoms with van der Waals surface area (Å²) in [6.45, 7) is 2.30. The van der Waals surface area contributed by atoms with Crippen LogP contribution in [0.2, 0.25) is 5.02 Å². The van der Waals surface area contributed by atoms with Crippen LogP contribution in [0.1, 0.15) is 13.3 Å². The average Bonchev–Trinajstić information content (AvgIpc) is 2.95. The van der Waals surface area contributed by atoms with Gasteiger partial charge in [0, 0.05) is 20.0 Å². The number of aliphatic carboxylic acids is 1. The first-order valence-corrected chi connectivity index (χ1v) is 8.33. The highest BCUT2D eigenvalue weighted by molar-refractivity contribution is 6.32. The van der Waals surface area contributed by atoms with Gasteiger partial charge in [0.25, 0.3) is 0 Å². The van der Waals surface area contributed by atoms with Crippen LogP contribution in [0.15, 0.2) is 24.3 Å². The van der Waals surface area contributed by atoms with Crippen molar-refractivity contribution >= 4 is 29.4 Å². The van der Waals surface area contributed by atoms with Crippen molar-refractivity contribution < 1.29 is 24.2 Å². The number of ether oxygens (including phenoxy) is 1. The zero-order valence-corrected chi connectivity index (χ0v) is 14.9. The van der Waals surface area contributed by atoms with Crippen LogP contribution >= 0.6 is 11.6 Å². The molecule has 2 amide bonds. The lowest BCUT2D eigenvalue weighted by Crippen LogP contribution is -2.44. The molecule has 8 heteroatoms. The van der Waals surface area contributed by atoms with Gasteiger partial charge in [-0.15, -0.1) is 0 Å². The summed E-state index contributed by atoms with van der Waals surface area (Å²) in [5.41, 5.74) is 0. The standard InChI is InChI=1S/C17H21ClN2O5/c1-11(17(23)24)19(2)16(22)12-9-15(21)20(10-12)7-8-25-14-6-4-3-5-13(14)18/h3-6,11-12H,7-10H2,1-2H3,(H,23,24). The third kappa shape index (κ3) is 4.63. The molecule has 2 rings (SSSR count). The molecule has 1 aliphatic rings. The summed E-state index contributed by atoms with van der Waals surface area (Å²) in [4.78, 5) is 38.2. The van der Waals surface area contributed by atoms with Gasteiger partial charge in [-0.1, -0.05) is 23.7 Å². The van der Waals surface area contributed by atoms with Crippen molar-refractivity contribution in [3.63, 3.8) is 0 Å². The highest BCUT2D eigenvalue weighted by atomic mass is 35.5. The van der Waals surface area contributed by atoms with Crippen LogP contribution in [0.5, 0.6) is 5.75 Å². The second-order valence-corrected chi connectivity index (χ2v) is 6.39. The summed E-state index contributed by atoms with van der Waals surface area (Å²) in [6, 6.07) is 6.12. The Morgan fingerprint density at radius 1 is 1.44 bits per heavy atom. The molecule has 1 aromatic rings. The van der Waals surface area contributed by atoms with Gasteiger partial charge in [0.2, 0.25) is 11.8 Å². The van der Waals surface area contributed by atoms with E-state index in [1.807, 2.05) is 0 Å². The number of para-hydroxylation sites is 1. The monoisotopic (exact) mass is 368 g/mol. The van der Waals surface area contributed by atoms with Crippen LogP contribution in [0, 0.1) is 5.92 Å². The highest BCUT2D eigenvalue weighted by Crippen LogP contribution is 2.24. The van der Waals surface area contributed by atoms with E-state index in [4.69, 9.17) is 21.4 Å². The fourth-order valence-corrected chi connectivity index (χ4v) is 2.82. The third-order valence-corrected chi connectivity index (χ3v) is 4.62. The van der Waals surface area contributed by atoms with Crippen LogP contribution < -0.4 is 4.74 Å². The average molecular weight is 369 g/mol. The summed E-state index contributed by atoms with van der Waals surface area (Å²) in [7, 11) is 1.44. The van der Waals surface area contributed by atoms with Gasteiger partial charge < -0.3 is 19.6 Å². The summed E-state index contributed by atoms with van der Waals surface area (Å²) in [5.74, 6) is -1.54. The van der Waals surface area contributed by atoms with Crippen molar-refractivity contribution in [2.24, 2.45) is 5.92 Å². The van der Waals surface area contributed by atoms with Gasteiger partial charge in [0.05, 0.1) is 17.5 Å². The minimum absolute atomic E-state index is 0.0849. The maximum Gasteiger partial charge on any atom is 0.326 e. The van der Waals surface area contributed by atoms with Gasteiger partial charge in [0.1, 0.15) is 18.4 Å². The van der Waals surface area contributed by atoms with E-state index in [0.29, 0.717) is 17.3 Å². The number of hydrogen-bond donors (Lipinski definition) is 1. The number of nitrogens with zero attached hydrogens (tertiary/aromatic N) is 2. The molecule has 0 saturated carbocycles. The molecule has 0 aromatic heterocycles. The molecule has 1 heterocycles. The largest absolute Gasteiger partial charge is 0.490 e. The molecule has 1 N–H and O–H groups in total. The number of halogens is 1. The zero-order chi connectivity index (χ0) is 18.6. The third-order valence-electron chi connectivity index (χ3n) is 4.31. The molecule has 0 radical (unpaired) electrons. The van der Waals surface area contributed by atoms with Crippen LogP contribution in [0.25, 0.3) is 0 Å². The van der Waals surface area contributed by atoms with E-state index in [1.54, 1.807) is 29.2 Å². The molecule has 136 valence electrons. The lowest BCUT2D eigenvalue weighted by Gasteiger charge is -2.24. The van der Waals surface area contributed by atoms with Crippen molar-refractivity contribution in [1.82, 2.24) is 9.80 Å². The predicted octanol–water partition coefficient (Wildman–Crippen LogP) is 1.50. The van der Waals surface area contributed by atoms with Gasteiger partial charge in [0.15, 0.2) is 0 Å². The topological polar surface area (TPSA) is 87.2 Å². The summed E-state index contributed by atoms with van der Waals surface area (Å²) >= 11 is 6.00. The van der Waals surface area contributed by atoms with Crippen molar-refractivity contribution in [2.75, 3.05) is 26.7 Å². The Kier molecular flexibility index (Phi) is 6.25. The first-order valence-electron chi connectivity index (χ1n) is 7.95. The number of carboxylic acids is 1. The number of hydrogen-bond acceptors (Lipinski definition) is 4. The number of carbonyl (C=O) groups is 3. The molecule has 1 fully saturated rings. The lowest BCUT2D eigenvalue weighted by molar-refractivity contribution is -0.149. The first-order chi connectivity index (χ1) is 11.8. The second-order valence-electron chi connectivity index (χ2n) is 5.98. The second kappa shape index (κ2) is 8.20. The number of amides is 2. The Morgan fingerprint density at radius 3 is 2.76 bits per heavy atom. The fourth-order valence-electron chi connectivity index (χ4n) is 2.63. The SMILES string of the molecule is CC(C(=O)O)N(C)C(=O)C1CC(=O)N(CCOc2ccccc2Cl)C1. The van der Waals surface area contributed by atoms with Crippen molar-refractivity contribution in [1.29, 1.82) is 0 Å². The fraction of sp³-hybridized carbons (Fsp3) is 0.471. The number of likely N-dealkylation sites (tertiary alicyclic amines) is 1. The highest BCUT2D eigenvalue weighted by Gasteiger charge is 2.37. The molecule has 1 saturated heterocycles. The van der Waals surface area contributed by atoms with Gasteiger partial charge >= 0.3 is 5.97 Å². The molecule has 0 aliphatic carbocycles. The van der Waals surface area contributed by atoms with Crippen LogP contribution in [0.4, 0.5) is 0 Å². The maximum absolute atomic E-state index is 12.4. The molecule has 0 spiro atoms. The summed E-state index contributed by atoms with van der Waals surface area (Å²) < 4.78 is 5.56. The number of likely N-dealkylation sites (N-methyl/N-ethyl adjacent to an activating group) is 1. The number of benzene rings is 1. The normalized spacial score (nSPS) is 18.1. The summed E-state index contributed by atoms with van der Waals surface area (Å²) in [6.07, 6.45) is 0.0849. The minimum atomic E-state index is -1.08. The Bertz CT molecular complexity index is 666. The molecule has 2 atom stereocenters. The van der Waals surface area contributed by atoms with E-state index in [1.165, 1.54) is 18.9 Å². The van der Waals surface area contributed by atoms with Crippen LogP contribution in [-0.2, 0) is 14.4 Å². The molecule has 25 heavy (non-hydrogen) atoms. The maximum atomic E-state index is 12.4. The Morgan fingerprint density at radius 2 is 2.12 bits per heavy atom. The number of carbonyl (C=O) groups excluding carboxylic acids is 2. The van der Waals surface area contributed by atoms with E-state index < -0.39 is 17.9 Å². The molecule has 7 nitrogen and oxygen atoms in total. The van der Waals surface area contributed by atoms with E-state index in [2.05, 4.69) is 0 Å². The number of carboxylic acid groups (broad SMARTS) is 1. The molecular formula is C17H21ClN2O5. The quantitative estimate of drug-likeness (QED) is 0.788. The molecule has 1 aromatic carbocycles. The van der Waals surface area contributed by atoms with E-state index >= 15 is 0 Å². The van der Waals surface area contributed by atoms with E-state index in [0.717, 1.165) is 0 Å². The first kappa shape index (κ1) is 19.1. The van der Waals surface area contributed by atoms with Crippen molar-refractivity contribution in [3.05, 3.63) is 29.3 Å². The molecule has 1 aliphatic heterocycles. The minimum Gasteiger partial charge on any atom is -0.490 e. The van der Waals surface area contributed by atoms with Gasteiger partial charge in [-0.05, 0) is 19.1 Å². The molecule has 2 unspecified atom stereocenters. The van der Waals surface area contributed by atoms with Gasteiger partial charge in [-0.2, -0.15) is 0 Å². The van der Waals surface area contributed by atoms with E-state index in [-0.39, 0.29) is 31.4 Å². The zero-order valence-electron chi connectivity index (χ0n) is 14.1. The molecule has 0 bridgehead atoms.